The zero-order valence-corrected chi connectivity index (χ0v) is 8.54. The number of nitrogens with zero attached hydrogens (tertiary/aromatic N) is 1. The van der Waals surface area contributed by atoms with Gasteiger partial charge in [0.1, 0.15) is 0 Å². The highest BCUT2D eigenvalue weighted by Crippen LogP contribution is 2.51. The van der Waals surface area contributed by atoms with E-state index in [4.69, 9.17) is 10.00 Å². The minimum atomic E-state index is 0.119. The number of hydrogen-bond donors (Lipinski definition) is 0. The molecule has 14 heavy (non-hydrogen) atoms. The highest BCUT2D eigenvalue weighted by atomic mass is 16.5. The molecule has 4 atom stereocenters. The lowest BCUT2D eigenvalue weighted by Crippen LogP contribution is -2.29. The first-order valence-corrected chi connectivity index (χ1v) is 5.85. The molecule has 76 valence electrons. The van der Waals surface area contributed by atoms with E-state index < -0.39 is 0 Å². The first kappa shape index (κ1) is 8.73. The molecular formula is C12H17NO. The largest absolute Gasteiger partial charge is 0.375 e. The zero-order chi connectivity index (χ0) is 9.60. The summed E-state index contributed by atoms with van der Waals surface area (Å²) < 4.78 is 6.09. The van der Waals surface area contributed by atoms with Crippen molar-refractivity contribution in [1.82, 2.24) is 0 Å². The fraction of sp³-hybridized carbons (Fsp3) is 0.917. The van der Waals surface area contributed by atoms with Crippen molar-refractivity contribution in [1.29, 1.82) is 5.26 Å². The molecule has 2 heteroatoms. The van der Waals surface area contributed by atoms with E-state index in [1.54, 1.807) is 0 Å². The van der Waals surface area contributed by atoms with Crippen LogP contribution in [0.1, 0.15) is 38.5 Å². The summed E-state index contributed by atoms with van der Waals surface area (Å²) in [4.78, 5) is 0. The van der Waals surface area contributed by atoms with Gasteiger partial charge in [-0.3, -0.25) is 0 Å². The van der Waals surface area contributed by atoms with Gasteiger partial charge in [-0.05, 0) is 50.4 Å². The van der Waals surface area contributed by atoms with E-state index in [1.807, 2.05) is 0 Å². The number of ether oxygens (including phenoxy) is 1. The average molecular weight is 191 g/mol. The first-order chi connectivity index (χ1) is 6.81. The molecule has 0 N–H and O–H groups in total. The van der Waals surface area contributed by atoms with Gasteiger partial charge in [-0.2, -0.15) is 5.26 Å². The van der Waals surface area contributed by atoms with Gasteiger partial charge in [0.05, 0.1) is 18.3 Å². The molecule has 1 saturated heterocycles. The lowest BCUT2D eigenvalue weighted by molar-refractivity contribution is -0.0458. The van der Waals surface area contributed by atoms with E-state index in [0.29, 0.717) is 0 Å². The third-order valence-corrected chi connectivity index (χ3v) is 4.39. The molecule has 2 nitrogen and oxygen atoms in total. The Morgan fingerprint density at radius 1 is 1.21 bits per heavy atom. The molecule has 0 radical (unpaired) electrons. The molecule has 1 spiro atoms. The standard InChI is InChI=1S/C12H17NO/c13-7-9-1-3-12(6-9)4-2-10-5-11(10)8-14-12/h9-11H,1-6,8H2/t9-,10+,11+,12+/m1/s1. The van der Waals surface area contributed by atoms with Crippen LogP contribution in [0, 0.1) is 29.1 Å². The normalized spacial score (nSPS) is 50.9. The van der Waals surface area contributed by atoms with Gasteiger partial charge in [-0.15, -0.1) is 0 Å². The maximum atomic E-state index is 8.91. The van der Waals surface area contributed by atoms with E-state index in [2.05, 4.69) is 6.07 Å². The molecule has 0 aromatic heterocycles. The third kappa shape index (κ3) is 1.35. The summed E-state index contributed by atoms with van der Waals surface area (Å²) in [5.74, 6) is 2.11. The highest BCUT2D eigenvalue weighted by Gasteiger charge is 2.48. The Kier molecular flexibility index (Phi) is 1.85. The van der Waals surface area contributed by atoms with Crippen molar-refractivity contribution in [3.05, 3.63) is 0 Å². The van der Waals surface area contributed by atoms with Crippen LogP contribution in [0.2, 0.25) is 0 Å². The van der Waals surface area contributed by atoms with E-state index in [0.717, 1.165) is 37.7 Å². The van der Waals surface area contributed by atoms with Crippen LogP contribution in [0.4, 0.5) is 0 Å². The summed E-state index contributed by atoms with van der Waals surface area (Å²) in [6.07, 6.45) is 7.16. The number of hydrogen-bond acceptors (Lipinski definition) is 2. The van der Waals surface area contributed by atoms with Gasteiger partial charge in [0.25, 0.3) is 0 Å². The van der Waals surface area contributed by atoms with Crippen LogP contribution in [0.5, 0.6) is 0 Å². The average Bonchev–Trinajstić information content (AvgIpc) is 2.86. The zero-order valence-electron chi connectivity index (χ0n) is 8.54. The molecule has 0 amide bonds. The summed E-state index contributed by atoms with van der Waals surface area (Å²) in [5.41, 5.74) is 0.119. The Morgan fingerprint density at radius 2 is 2.07 bits per heavy atom. The number of nitriles is 1. The Hall–Kier alpha value is -0.550. The molecule has 1 heterocycles. The molecular weight excluding hydrogens is 174 g/mol. The SMILES string of the molecule is N#C[C@@H]1CC[C@]2(CC[C@H]3C[C@H]3CO2)C1. The van der Waals surface area contributed by atoms with Gasteiger partial charge in [0, 0.05) is 5.92 Å². The van der Waals surface area contributed by atoms with E-state index >= 15 is 0 Å². The Balaban J connectivity index is 1.69. The molecule has 0 bridgehead atoms. The minimum Gasteiger partial charge on any atom is -0.375 e. The van der Waals surface area contributed by atoms with Gasteiger partial charge in [0.2, 0.25) is 0 Å². The molecule has 2 aliphatic carbocycles. The van der Waals surface area contributed by atoms with Crippen LogP contribution >= 0.6 is 0 Å². The van der Waals surface area contributed by atoms with Crippen LogP contribution in [0.25, 0.3) is 0 Å². The monoisotopic (exact) mass is 191 g/mol. The van der Waals surface area contributed by atoms with Crippen molar-refractivity contribution in [2.75, 3.05) is 6.61 Å². The molecule has 0 aromatic carbocycles. The summed E-state index contributed by atoms with van der Waals surface area (Å²) in [7, 11) is 0. The molecule has 3 aliphatic rings. The van der Waals surface area contributed by atoms with E-state index in [1.165, 1.54) is 19.3 Å². The molecule has 3 rings (SSSR count). The van der Waals surface area contributed by atoms with Crippen LogP contribution in [0.3, 0.4) is 0 Å². The second-order valence-electron chi connectivity index (χ2n) is 5.36. The third-order valence-electron chi connectivity index (χ3n) is 4.39. The lowest BCUT2D eigenvalue weighted by Gasteiger charge is -2.28. The van der Waals surface area contributed by atoms with Gasteiger partial charge in [-0.1, -0.05) is 0 Å². The van der Waals surface area contributed by atoms with E-state index in [9.17, 15) is 0 Å². The topological polar surface area (TPSA) is 33.0 Å². The van der Waals surface area contributed by atoms with Gasteiger partial charge in [-0.25, -0.2) is 0 Å². The predicted octanol–water partition coefficient (Wildman–Crippen LogP) is 2.50. The first-order valence-electron chi connectivity index (χ1n) is 5.85. The highest BCUT2D eigenvalue weighted by molar-refractivity contribution is 5.02. The van der Waals surface area contributed by atoms with Crippen LogP contribution in [-0.4, -0.2) is 12.2 Å². The van der Waals surface area contributed by atoms with Gasteiger partial charge < -0.3 is 4.74 Å². The maximum absolute atomic E-state index is 8.91. The second-order valence-corrected chi connectivity index (χ2v) is 5.36. The van der Waals surface area contributed by atoms with Crippen molar-refractivity contribution < 1.29 is 4.74 Å². The Labute approximate surface area is 85.2 Å². The Morgan fingerprint density at radius 3 is 2.86 bits per heavy atom. The van der Waals surface area contributed by atoms with Crippen molar-refractivity contribution >= 4 is 0 Å². The van der Waals surface area contributed by atoms with Crippen molar-refractivity contribution in [3.8, 4) is 6.07 Å². The van der Waals surface area contributed by atoms with Crippen molar-refractivity contribution in [2.45, 2.75) is 44.1 Å². The fourth-order valence-corrected chi connectivity index (χ4v) is 3.23. The van der Waals surface area contributed by atoms with Gasteiger partial charge in [0.15, 0.2) is 0 Å². The van der Waals surface area contributed by atoms with Crippen molar-refractivity contribution in [3.63, 3.8) is 0 Å². The number of fused-ring (bicyclic) bond motifs is 1. The number of rotatable bonds is 0. The van der Waals surface area contributed by atoms with Crippen LogP contribution < -0.4 is 0 Å². The summed E-state index contributed by atoms with van der Waals surface area (Å²) >= 11 is 0. The van der Waals surface area contributed by atoms with Crippen LogP contribution in [0.15, 0.2) is 0 Å². The lowest BCUT2D eigenvalue weighted by atomic mass is 9.93. The Bertz CT molecular complexity index is 269. The quantitative estimate of drug-likeness (QED) is 0.589. The van der Waals surface area contributed by atoms with Crippen LogP contribution in [-0.2, 0) is 4.74 Å². The molecule has 3 fully saturated rings. The second kappa shape index (κ2) is 2.97. The van der Waals surface area contributed by atoms with Crippen molar-refractivity contribution in [2.24, 2.45) is 17.8 Å². The molecule has 2 saturated carbocycles. The maximum Gasteiger partial charge on any atom is 0.0695 e. The minimum absolute atomic E-state index is 0.119. The molecule has 0 aromatic rings. The summed E-state index contributed by atoms with van der Waals surface area (Å²) in [6.45, 7) is 0.975. The fourth-order valence-electron chi connectivity index (χ4n) is 3.23. The molecule has 1 aliphatic heterocycles. The van der Waals surface area contributed by atoms with Gasteiger partial charge >= 0.3 is 0 Å². The summed E-state index contributed by atoms with van der Waals surface area (Å²) in [6, 6.07) is 2.40. The predicted molar refractivity (Wildman–Crippen MR) is 52.5 cm³/mol. The molecule has 0 unspecified atom stereocenters. The smallest absolute Gasteiger partial charge is 0.0695 e. The van der Waals surface area contributed by atoms with E-state index in [-0.39, 0.29) is 11.5 Å². The summed E-state index contributed by atoms with van der Waals surface area (Å²) in [5, 5.41) is 8.91.